The summed E-state index contributed by atoms with van der Waals surface area (Å²) >= 11 is 0. The first-order chi connectivity index (χ1) is 28.4. The summed E-state index contributed by atoms with van der Waals surface area (Å²) in [7, 11) is -0.846. The van der Waals surface area contributed by atoms with Crippen LogP contribution in [0.15, 0.2) is 84.9 Å². The number of anilines is 3. The highest BCUT2D eigenvalue weighted by molar-refractivity contribution is 6.91. The topological polar surface area (TPSA) is 164 Å². The van der Waals surface area contributed by atoms with Crippen molar-refractivity contribution < 1.29 is 38.9 Å². The molecule has 1 spiro atoms. The lowest BCUT2D eigenvalue weighted by Gasteiger charge is -2.37. The Morgan fingerprint density at radius 2 is 1.71 bits per heavy atom. The van der Waals surface area contributed by atoms with E-state index < -0.39 is 36.7 Å². The number of benzene rings is 4. The van der Waals surface area contributed by atoms with Crippen LogP contribution in [0.2, 0.25) is 18.6 Å². The number of unbranched alkanes of at least 4 members (excludes halogenated alkanes) is 1. The summed E-state index contributed by atoms with van der Waals surface area (Å²) < 4.78 is 18.2. The Kier molecular flexibility index (Phi) is 12.3. The maximum absolute atomic E-state index is 15.3. The minimum Gasteiger partial charge on any atom is -0.497 e. The van der Waals surface area contributed by atoms with Gasteiger partial charge in [0, 0.05) is 42.5 Å². The van der Waals surface area contributed by atoms with Crippen LogP contribution in [0.4, 0.5) is 22.7 Å². The van der Waals surface area contributed by atoms with Crippen LogP contribution >= 0.6 is 0 Å². The number of nitrogens with zero attached hydrogens (tertiary/aromatic N) is 3. The molecule has 59 heavy (non-hydrogen) atoms. The maximum Gasteiger partial charge on any atom is 0.269 e. The van der Waals surface area contributed by atoms with Crippen molar-refractivity contribution in [2.24, 2.45) is 5.92 Å². The number of hydrogen-bond acceptors (Lipinski definition) is 10. The Labute approximate surface area is 346 Å². The van der Waals surface area contributed by atoms with Crippen molar-refractivity contribution >= 4 is 47.8 Å². The monoisotopic (exact) mass is 822 g/mol. The molecule has 2 amide bonds. The second kappa shape index (κ2) is 17.2. The van der Waals surface area contributed by atoms with Crippen LogP contribution in [0.1, 0.15) is 49.8 Å². The Balaban J connectivity index is 1.26. The molecule has 1 saturated heterocycles. The van der Waals surface area contributed by atoms with E-state index >= 15 is 4.79 Å². The molecule has 1 unspecified atom stereocenters. The van der Waals surface area contributed by atoms with Gasteiger partial charge in [-0.15, -0.1) is 0 Å². The van der Waals surface area contributed by atoms with E-state index in [0.717, 1.165) is 39.9 Å². The van der Waals surface area contributed by atoms with Crippen molar-refractivity contribution in [3.05, 3.63) is 112 Å². The lowest BCUT2D eigenvalue weighted by Crippen LogP contribution is -2.51. The molecular weight excluding hydrogens is 769 g/mol. The van der Waals surface area contributed by atoms with Crippen LogP contribution in [-0.2, 0) is 32.9 Å². The minimum atomic E-state index is -2.47. The molecule has 14 heteroatoms. The maximum atomic E-state index is 15.3. The second-order valence-corrected chi connectivity index (χ2v) is 20.9. The van der Waals surface area contributed by atoms with Crippen LogP contribution in [0, 0.1) is 16.0 Å². The summed E-state index contributed by atoms with van der Waals surface area (Å²) in [6, 6.07) is 25.3. The SMILES string of the molecule is CCOc1ccc2c(c1)CC(NCCCCO)C(=O)N2c1cccc(CN2C(=O)[C@]3(O[C@H](CCO)[C@@H]([Si](C)(C)c4ccc(OC)cc4)[C@@H]3C)c3cc([N+](=O)[O-])ccc32)c1. The molecule has 0 saturated carbocycles. The van der Waals surface area contributed by atoms with Gasteiger partial charge in [-0.05, 0) is 104 Å². The molecule has 0 aromatic heterocycles. The first-order valence-electron chi connectivity index (χ1n) is 20.5. The van der Waals surface area contributed by atoms with Crippen LogP contribution < -0.4 is 29.8 Å². The predicted molar refractivity (Wildman–Crippen MR) is 229 cm³/mol. The van der Waals surface area contributed by atoms with Crippen molar-refractivity contribution in [1.29, 1.82) is 0 Å². The number of amides is 2. The predicted octanol–water partition coefficient (Wildman–Crippen LogP) is 6.10. The third-order valence-electron chi connectivity index (χ3n) is 12.5. The fourth-order valence-electron chi connectivity index (χ4n) is 9.67. The third kappa shape index (κ3) is 7.64. The van der Waals surface area contributed by atoms with Gasteiger partial charge in [0.15, 0.2) is 5.60 Å². The van der Waals surface area contributed by atoms with Gasteiger partial charge in [0.05, 0.1) is 56.8 Å². The van der Waals surface area contributed by atoms with Gasteiger partial charge in [-0.1, -0.05) is 49.5 Å². The Hall–Kier alpha value is -5.12. The number of methoxy groups -OCH3 is 1. The zero-order valence-corrected chi connectivity index (χ0v) is 35.4. The standard InChI is InChI=1S/C45H54N4O9Si/c1-6-57-35-15-19-39-31(25-35)26-38(46-21-7-8-22-50)43(52)48(39)32-11-9-10-30(24-32)28-47-40-18-12-33(49(54)55)27-37(40)45(44(47)53)29(2)42(41(58-45)20-23-51)59(4,5)36-16-13-34(56-3)14-17-36/h9-19,24-25,27,29,38,41-42,46,50-51H,6-8,20-23,26,28H2,1-5H3/t29-,38?,41+,42-,45+/m0/s1. The number of hydrogen-bond donors (Lipinski definition) is 3. The van der Waals surface area contributed by atoms with Crippen molar-refractivity contribution in [3.8, 4) is 11.5 Å². The molecule has 312 valence electrons. The first kappa shape index (κ1) is 42.0. The summed E-state index contributed by atoms with van der Waals surface area (Å²) in [5.74, 6) is 0.619. The number of carbonyl (C=O) groups excluding carboxylic acids is 2. The molecule has 0 aliphatic carbocycles. The van der Waals surface area contributed by atoms with Crippen molar-refractivity contribution in [1.82, 2.24) is 5.32 Å². The van der Waals surface area contributed by atoms with Gasteiger partial charge in [0.1, 0.15) is 11.5 Å². The quantitative estimate of drug-likeness (QED) is 0.0521. The number of ether oxygens (including phenoxy) is 3. The molecule has 7 rings (SSSR count). The van der Waals surface area contributed by atoms with E-state index in [2.05, 4.69) is 30.5 Å². The highest BCUT2D eigenvalue weighted by Gasteiger charge is 2.66. The number of fused-ring (bicyclic) bond motifs is 3. The fourth-order valence-corrected chi connectivity index (χ4v) is 13.7. The normalized spacial score (nSPS) is 22.5. The number of rotatable bonds is 16. The molecule has 0 radical (unpaired) electrons. The van der Waals surface area contributed by atoms with Crippen molar-refractivity contribution in [2.45, 2.75) is 82.5 Å². The van der Waals surface area contributed by atoms with E-state index in [1.54, 1.807) is 23.0 Å². The molecule has 3 heterocycles. The lowest BCUT2D eigenvalue weighted by atomic mass is 9.82. The lowest BCUT2D eigenvalue weighted by molar-refractivity contribution is -0.385. The molecule has 3 N–H and O–H groups in total. The minimum absolute atomic E-state index is 0.0834. The smallest absolute Gasteiger partial charge is 0.269 e. The third-order valence-corrected chi connectivity index (χ3v) is 16.8. The van der Waals surface area contributed by atoms with E-state index in [4.69, 9.17) is 14.2 Å². The number of nitrogens with one attached hydrogen (secondary N) is 1. The molecule has 5 atom stereocenters. The van der Waals surface area contributed by atoms with E-state index in [1.165, 1.54) is 12.1 Å². The fraction of sp³-hybridized carbons (Fsp3) is 0.422. The number of aliphatic hydroxyl groups is 2. The molecular formula is C45H54N4O9Si. The second-order valence-electron chi connectivity index (χ2n) is 16.2. The first-order valence-corrected chi connectivity index (χ1v) is 23.5. The largest absolute Gasteiger partial charge is 0.497 e. The molecule has 4 aromatic rings. The molecule has 0 bridgehead atoms. The molecule has 1 fully saturated rings. The average molecular weight is 823 g/mol. The molecule has 3 aliphatic heterocycles. The van der Waals surface area contributed by atoms with E-state index in [0.29, 0.717) is 49.4 Å². The van der Waals surface area contributed by atoms with Crippen molar-refractivity contribution in [3.63, 3.8) is 0 Å². The average Bonchev–Trinajstić information content (AvgIpc) is 3.65. The zero-order chi connectivity index (χ0) is 42.1. The summed E-state index contributed by atoms with van der Waals surface area (Å²) in [5.41, 5.74) is 2.24. The Morgan fingerprint density at radius 1 is 0.966 bits per heavy atom. The summed E-state index contributed by atoms with van der Waals surface area (Å²) in [6.45, 7) is 9.55. The van der Waals surface area contributed by atoms with Gasteiger partial charge < -0.3 is 34.6 Å². The summed E-state index contributed by atoms with van der Waals surface area (Å²) in [6.07, 6.45) is 1.65. The summed E-state index contributed by atoms with van der Waals surface area (Å²) in [4.78, 5) is 44.7. The number of nitro benzene ring substituents is 1. The number of nitro groups is 1. The molecule has 4 aromatic carbocycles. The van der Waals surface area contributed by atoms with Gasteiger partial charge in [0.25, 0.3) is 11.6 Å². The van der Waals surface area contributed by atoms with Gasteiger partial charge in [-0.25, -0.2) is 0 Å². The Bertz CT molecular complexity index is 2200. The molecule has 13 nitrogen and oxygen atoms in total. The van der Waals surface area contributed by atoms with Crippen LogP contribution in [0.25, 0.3) is 0 Å². The van der Waals surface area contributed by atoms with E-state index in [9.17, 15) is 25.1 Å². The van der Waals surface area contributed by atoms with Crippen LogP contribution in [-0.4, -0.2) is 80.6 Å². The van der Waals surface area contributed by atoms with Gasteiger partial charge in [-0.3, -0.25) is 24.6 Å². The van der Waals surface area contributed by atoms with Crippen LogP contribution in [0.5, 0.6) is 11.5 Å². The number of carbonyl (C=O) groups is 2. The molecule has 3 aliphatic rings. The Morgan fingerprint density at radius 3 is 2.41 bits per heavy atom. The van der Waals surface area contributed by atoms with Gasteiger partial charge >= 0.3 is 0 Å². The summed E-state index contributed by atoms with van der Waals surface area (Å²) in [5, 5.41) is 36.4. The zero-order valence-electron chi connectivity index (χ0n) is 34.4. The van der Waals surface area contributed by atoms with E-state index in [1.807, 2.05) is 68.4 Å². The van der Waals surface area contributed by atoms with E-state index in [-0.39, 0.29) is 42.8 Å². The van der Waals surface area contributed by atoms with Gasteiger partial charge in [0.2, 0.25) is 5.91 Å². The van der Waals surface area contributed by atoms with Crippen LogP contribution in [0.3, 0.4) is 0 Å². The number of aliphatic hydroxyl groups excluding tert-OH is 2. The highest BCUT2D eigenvalue weighted by atomic mass is 28.3. The van der Waals surface area contributed by atoms with Gasteiger partial charge in [-0.2, -0.15) is 0 Å². The highest BCUT2D eigenvalue weighted by Crippen LogP contribution is 2.60. The number of non-ortho nitro benzene ring substituents is 1. The van der Waals surface area contributed by atoms with Crippen molar-refractivity contribution in [2.75, 3.05) is 43.3 Å².